The number of likely N-dealkylation sites (tertiary alicyclic amines) is 1. The summed E-state index contributed by atoms with van der Waals surface area (Å²) in [5, 5.41) is 0. The molecule has 4 rings (SSSR count). The van der Waals surface area contributed by atoms with Gasteiger partial charge in [-0.05, 0) is 55.3 Å². The number of fused-ring (bicyclic) bond motifs is 1. The highest BCUT2D eigenvalue weighted by atomic mass is 32.2. The number of hydrogen-bond acceptors (Lipinski definition) is 5. The molecule has 2 aromatic carbocycles. The molecule has 0 bridgehead atoms. The monoisotopic (exact) mass is 442 g/mol. The van der Waals surface area contributed by atoms with Crippen LogP contribution in [-0.4, -0.2) is 55.3 Å². The topological polar surface area (TPSA) is 78.5 Å². The molecule has 1 aliphatic heterocycles. The van der Waals surface area contributed by atoms with E-state index >= 15 is 0 Å². The molecule has 0 amide bonds. The Labute approximate surface area is 184 Å². The van der Waals surface area contributed by atoms with Crippen LogP contribution in [0.3, 0.4) is 0 Å². The Bertz CT molecular complexity index is 1140. The van der Waals surface area contributed by atoms with Crippen LogP contribution < -0.4 is 4.74 Å². The smallest absolute Gasteiger partial charge is 0.242 e. The Kier molecular flexibility index (Phi) is 6.31. The highest BCUT2D eigenvalue weighted by Gasteiger charge is 2.24. The maximum atomic E-state index is 12.5. The fourth-order valence-corrected chi connectivity index (χ4v) is 5.17. The van der Waals surface area contributed by atoms with Crippen LogP contribution in [0.15, 0.2) is 47.4 Å². The molecule has 31 heavy (non-hydrogen) atoms. The fourth-order valence-electron chi connectivity index (χ4n) is 4.24. The van der Waals surface area contributed by atoms with Gasteiger partial charge in [0.15, 0.2) is 0 Å². The number of aromatic amines is 1. The van der Waals surface area contributed by atoms with E-state index in [-0.39, 0.29) is 4.90 Å². The van der Waals surface area contributed by atoms with Gasteiger partial charge in [-0.3, -0.25) is 4.90 Å². The first kappa shape index (κ1) is 21.8. The maximum absolute atomic E-state index is 12.5. The number of methoxy groups -OCH3 is 1. The predicted octanol–water partition coefficient (Wildman–Crippen LogP) is 3.94. The number of benzene rings is 2. The summed E-state index contributed by atoms with van der Waals surface area (Å²) < 4.78 is 31.5. The molecule has 1 fully saturated rings. The van der Waals surface area contributed by atoms with E-state index in [1.54, 1.807) is 25.3 Å². The summed E-state index contributed by atoms with van der Waals surface area (Å²) in [4.78, 5) is 10.8. The lowest BCUT2D eigenvalue weighted by Gasteiger charge is -2.29. The first-order chi connectivity index (χ1) is 14.9. The third-order valence-electron chi connectivity index (χ3n) is 6.00. The van der Waals surface area contributed by atoms with Crippen LogP contribution in [0.2, 0.25) is 0 Å². The van der Waals surface area contributed by atoms with E-state index < -0.39 is 10.0 Å². The summed E-state index contributed by atoms with van der Waals surface area (Å²) in [6.45, 7) is 1.70. The van der Waals surface area contributed by atoms with Gasteiger partial charge in [-0.25, -0.2) is 17.7 Å². The van der Waals surface area contributed by atoms with Gasteiger partial charge in [-0.15, -0.1) is 0 Å². The lowest BCUT2D eigenvalue weighted by atomic mass is 10.0. The van der Waals surface area contributed by atoms with Crippen molar-refractivity contribution in [3.8, 4) is 5.75 Å². The summed E-state index contributed by atoms with van der Waals surface area (Å²) >= 11 is 0. The Hall–Kier alpha value is -2.42. The molecule has 3 aromatic rings. The average molecular weight is 443 g/mol. The van der Waals surface area contributed by atoms with Crippen molar-refractivity contribution in [1.82, 2.24) is 19.2 Å². The SMILES string of the molecule is COc1ccc([C@@H]2CCCCCN2Cc2nc3ccc(S(=O)(=O)N(C)C)cc3[nH]2)cc1. The zero-order valence-electron chi connectivity index (χ0n) is 18.3. The van der Waals surface area contributed by atoms with Gasteiger partial charge in [-0.1, -0.05) is 25.0 Å². The molecule has 7 nitrogen and oxygen atoms in total. The number of nitrogens with zero attached hydrogens (tertiary/aromatic N) is 3. The molecule has 1 aromatic heterocycles. The van der Waals surface area contributed by atoms with Crippen LogP contribution in [-0.2, 0) is 16.6 Å². The number of hydrogen-bond donors (Lipinski definition) is 1. The zero-order chi connectivity index (χ0) is 22.0. The van der Waals surface area contributed by atoms with Crippen molar-refractivity contribution in [2.75, 3.05) is 27.7 Å². The average Bonchev–Trinajstić information content (AvgIpc) is 3.02. The number of nitrogens with one attached hydrogen (secondary N) is 1. The van der Waals surface area contributed by atoms with E-state index in [0.29, 0.717) is 12.6 Å². The highest BCUT2D eigenvalue weighted by molar-refractivity contribution is 7.89. The third kappa shape index (κ3) is 4.61. The van der Waals surface area contributed by atoms with Gasteiger partial charge >= 0.3 is 0 Å². The molecule has 0 saturated carbocycles. The maximum Gasteiger partial charge on any atom is 0.242 e. The normalized spacial score (nSPS) is 18.4. The largest absolute Gasteiger partial charge is 0.497 e. The van der Waals surface area contributed by atoms with Crippen molar-refractivity contribution in [3.05, 3.63) is 53.9 Å². The van der Waals surface area contributed by atoms with Gasteiger partial charge in [0.1, 0.15) is 11.6 Å². The molecule has 0 unspecified atom stereocenters. The zero-order valence-corrected chi connectivity index (χ0v) is 19.2. The highest BCUT2D eigenvalue weighted by Crippen LogP contribution is 2.32. The standard InChI is InChI=1S/C23H30N4O3S/c1-26(2)31(28,29)19-12-13-20-21(15-19)25-23(24-20)16-27-14-6-4-5-7-22(27)17-8-10-18(30-3)11-9-17/h8-13,15,22H,4-7,14,16H2,1-3H3,(H,24,25)/t22-/m0/s1. The van der Waals surface area contributed by atoms with E-state index in [1.165, 1.54) is 36.8 Å². The molecule has 2 heterocycles. The van der Waals surface area contributed by atoms with Gasteiger partial charge < -0.3 is 9.72 Å². The van der Waals surface area contributed by atoms with E-state index in [1.807, 2.05) is 12.1 Å². The van der Waals surface area contributed by atoms with Crippen molar-refractivity contribution in [2.45, 2.75) is 43.2 Å². The predicted molar refractivity (Wildman–Crippen MR) is 122 cm³/mol. The van der Waals surface area contributed by atoms with E-state index in [0.717, 1.165) is 42.0 Å². The van der Waals surface area contributed by atoms with Gasteiger partial charge in [0, 0.05) is 20.1 Å². The molecular formula is C23H30N4O3S. The van der Waals surface area contributed by atoms with Crippen molar-refractivity contribution < 1.29 is 13.2 Å². The van der Waals surface area contributed by atoms with Gasteiger partial charge in [0.2, 0.25) is 10.0 Å². The van der Waals surface area contributed by atoms with Crippen LogP contribution in [0, 0.1) is 0 Å². The summed E-state index contributed by atoms with van der Waals surface area (Å²) in [5.41, 5.74) is 2.82. The summed E-state index contributed by atoms with van der Waals surface area (Å²) in [5.74, 6) is 1.72. The van der Waals surface area contributed by atoms with Crippen LogP contribution in [0.1, 0.15) is 43.1 Å². The lowest BCUT2D eigenvalue weighted by molar-refractivity contribution is 0.188. The van der Waals surface area contributed by atoms with Crippen molar-refractivity contribution >= 4 is 21.1 Å². The van der Waals surface area contributed by atoms with Crippen LogP contribution >= 0.6 is 0 Å². The molecule has 1 atom stereocenters. The third-order valence-corrected chi connectivity index (χ3v) is 7.81. The lowest BCUT2D eigenvalue weighted by Crippen LogP contribution is -2.28. The second-order valence-electron chi connectivity index (χ2n) is 8.26. The Morgan fingerprint density at radius 3 is 2.61 bits per heavy atom. The van der Waals surface area contributed by atoms with Crippen molar-refractivity contribution in [2.24, 2.45) is 0 Å². The minimum Gasteiger partial charge on any atom is -0.497 e. The van der Waals surface area contributed by atoms with Crippen LogP contribution in [0.4, 0.5) is 0 Å². The summed E-state index contributed by atoms with van der Waals surface area (Å²) in [7, 11) is 1.28. The molecule has 166 valence electrons. The number of H-pyrrole nitrogens is 1. The Balaban J connectivity index is 1.60. The molecular weight excluding hydrogens is 412 g/mol. The number of imidazole rings is 1. The van der Waals surface area contributed by atoms with Gasteiger partial charge in [0.05, 0.1) is 29.6 Å². The van der Waals surface area contributed by atoms with E-state index in [2.05, 4.69) is 22.0 Å². The van der Waals surface area contributed by atoms with Crippen LogP contribution in [0.25, 0.3) is 11.0 Å². The molecule has 0 aliphatic carbocycles. The second kappa shape index (κ2) is 8.98. The molecule has 0 spiro atoms. The minimum absolute atomic E-state index is 0.270. The van der Waals surface area contributed by atoms with Crippen LogP contribution in [0.5, 0.6) is 5.75 Å². The molecule has 1 saturated heterocycles. The minimum atomic E-state index is -3.48. The summed E-state index contributed by atoms with van der Waals surface area (Å²) in [6.07, 6.45) is 4.71. The van der Waals surface area contributed by atoms with Crippen molar-refractivity contribution in [1.29, 1.82) is 0 Å². The van der Waals surface area contributed by atoms with Gasteiger partial charge in [-0.2, -0.15) is 0 Å². The number of ether oxygens (including phenoxy) is 1. The molecule has 1 aliphatic rings. The van der Waals surface area contributed by atoms with Crippen molar-refractivity contribution in [3.63, 3.8) is 0 Å². The van der Waals surface area contributed by atoms with Gasteiger partial charge in [0.25, 0.3) is 0 Å². The number of rotatable bonds is 6. The number of aromatic nitrogens is 2. The fraction of sp³-hybridized carbons (Fsp3) is 0.435. The second-order valence-corrected chi connectivity index (χ2v) is 10.4. The Morgan fingerprint density at radius 2 is 1.90 bits per heavy atom. The molecule has 0 radical (unpaired) electrons. The Morgan fingerprint density at radius 1 is 1.13 bits per heavy atom. The number of sulfonamides is 1. The first-order valence-corrected chi connectivity index (χ1v) is 12.1. The first-order valence-electron chi connectivity index (χ1n) is 10.7. The van der Waals surface area contributed by atoms with E-state index in [4.69, 9.17) is 9.72 Å². The van der Waals surface area contributed by atoms with E-state index in [9.17, 15) is 8.42 Å². The molecule has 8 heteroatoms. The summed E-state index contributed by atoms with van der Waals surface area (Å²) in [6, 6.07) is 13.7. The molecule has 1 N–H and O–H groups in total. The quantitative estimate of drug-likeness (QED) is 0.626.